The van der Waals surface area contributed by atoms with Gasteiger partial charge in [0.25, 0.3) is 0 Å². The molecule has 4 heterocycles. The first-order valence-electron chi connectivity index (χ1n) is 8.56. The molecule has 0 saturated carbocycles. The van der Waals surface area contributed by atoms with Gasteiger partial charge in [-0.15, -0.1) is 22.7 Å². The number of aliphatic hydroxyl groups excluding tert-OH is 1. The van der Waals surface area contributed by atoms with Crippen LogP contribution in [0.5, 0.6) is 0 Å². The maximum Gasteiger partial charge on any atom is 0.137 e. The van der Waals surface area contributed by atoms with Crippen LogP contribution in [0.15, 0.2) is 35.3 Å². The van der Waals surface area contributed by atoms with Crippen LogP contribution in [0, 0.1) is 5.92 Å². The quantitative estimate of drug-likeness (QED) is 0.742. The van der Waals surface area contributed by atoms with Crippen LogP contribution in [-0.4, -0.2) is 37.6 Å². The Hall–Kier alpha value is -1.54. The summed E-state index contributed by atoms with van der Waals surface area (Å²) in [6, 6.07) is 4.19. The number of nitrogens with zero attached hydrogens (tertiary/aromatic N) is 4. The van der Waals surface area contributed by atoms with Gasteiger partial charge in [-0.25, -0.2) is 9.97 Å². The van der Waals surface area contributed by atoms with E-state index in [1.165, 1.54) is 4.88 Å². The normalized spacial score (nSPS) is 17.8. The fourth-order valence-corrected chi connectivity index (χ4v) is 5.05. The summed E-state index contributed by atoms with van der Waals surface area (Å²) in [6.07, 6.45) is 5.17. The van der Waals surface area contributed by atoms with Crippen molar-refractivity contribution in [3.63, 3.8) is 0 Å². The van der Waals surface area contributed by atoms with Gasteiger partial charge in [0.2, 0.25) is 0 Å². The molecule has 7 heteroatoms. The summed E-state index contributed by atoms with van der Waals surface area (Å²) in [4.78, 5) is 12.8. The van der Waals surface area contributed by atoms with Crippen LogP contribution in [-0.2, 0) is 13.6 Å². The van der Waals surface area contributed by atoms with Crippen LogP contribution in [0.25, 0.3) is 9.88 Å². The van der Waals surface area contributed by atoms with E-state index in [1.54, 1.807) is 28.9 Å². The molecule has 3 aromatic rings. The molecule has 25 heavy (non-hydrogen) atoms. The number of hydrogen-bond acceptors (Lipinski definition) is 6. The van der Waals surface area contributed by atoms with Crippen molar-refractivity contribution < 1.29 is 5.11 Å². The minimum atomic E-state index is -0.466. The van der Waals surface area contributed by atoms with Crippen molar-refractivity contribution in [3.05, 3.63) is 46.8 Å². The van der Waals surface area contributed by atoms with E-state index in [4.69, 9.17) is 4.98 Å². The largest absolute Gasteiger partial charge is 0.385 e. The third-order valence-electron chi connectivity index (χ3n) is 4.87. The lowest BCUT2D eigenvalue weighted by molar-refractivity contribution is 0.0489. The highest BCUT2D eigenvalue weighted by atomic mass is 32.1. The molecule has 1 aliphatic rings. The summed E-state index contributed by atoms with van der Waals surface area (Å²) in [5.41, 5.74) is 1.15. The standard InChI is InChI=1S/C18H22N4OS2/c1-21-9-6-19-17(21)16(23)13-4-7-22(8-5-13)11-14-12-25-18(20-14)15-3-2-10-24-15/h2-3,6,9-10,12-13,16,23H,4-5,7-8,11H2,1H3. The lowest BCUT2D eigenvalue weighted by Crippen LogP contribution is -2.35. The minimum Gasteiger partial charge on any atom is -0.385 e. The topological polar surface area (TPSA) is 54.2 Å². The minimum absolute atomic E-state index is 0.287. The van der Waals surface area contributed by atoms with Crippen molar-refractivity contribution in [2.45, 2.75) is 25.5 Å². The Morgan fingerprint density at radius 3 is 2.84 bits per heavy atom. The SMILES string of the molecule is Cn1ccnc1C(O)C1CCN(Cc2csc(-c3cccs3)n2)CC1. The fourth-order valence-electron chi connectivity index (χ4n) is 3.42. The number of hydrogen-bond donors (Lipinski definition) is 1. The molecule has 1 fully saturated rings. The monoisotopic (exact) mass is 374 g/mol. The van der Waals surface area contributed by atoms with E-state index in [1.807, 2.05) is 17.8 Å². The molecule has 0 spiro atoms. The molecule has 1 aliphatic heterocycles. The third kappa shape index (κ3) is 3.69. The summed E-state index contributed by atoms with van der Waals surface area (Å²) in [5, 5.41) is 16.0. The second-order valence-electron chi connectivity index (χ2n) is 6.58. The molecule has 4 rings (SSSR count). The summed E-state index contributed by atoms with van der Waals surface area (Å²) in [5.74, 6) is 1.06. The number of likely N-dealkylation sites (tertiary alicyclic amines) is 1. The van der Waals surface area contributed by atoms with E-state index in [0.717, 1.165) is 49.0 Å². The second-order valence-corrected chi connectivity index (χ2v) is 8.38. The Morgan fingerprint density at radius 1 is 1.32 bits per heavy atom. The fraction of sp³-hybridized carbons (Fsp3) is 0.444. The Balaban J connectivity index is 1.33. The zero-order chi connectivity index (χ0) is 17.2. The van der Waals surface area contributed by atoms with Crippen molar-refractivity contribution in [2.75, 3.05) is 13.1 Å². The van der Waals surface area contributed by atoms with Crippen molar-refractivity contribution in [3.8, 4) is 9.88 Å². The van der Waals surface area contributed by atoms with Gasteiger partial charge in [0, 0.05) is 31.4 Å². The van der Waals surface area contributed by atoms with Crippen LogP contribution in [0.3, 0.4) is 0 Å². The number of thiazole rings is 1. The van der Waals surface area contributed by atoms with E-state index in [-0.39, 0.29) is 5.92 Å². The molecule has 0 bridgehead atoms. The highest BCUT2D eigenvalue weighted by Crippen LogP contribution is 2.31. The van der Waals surface area contributed by atoms with Crippen molar-refractivity contribution in [1.82, 2.24) is 19.4 Å². The highest BCUT2D eigenvalue weighted by molar-refractivity contribution is 7.20. The van der Waals surface area contributed by atoms with E-state index in [0.29, 0.717) is 0 Å². The third-order valence-corrected chi connectivity index (χ3v) is 6.80. The Labute approximate surface area is 155 Å². The Morgan fingerprint density at radius 2 is 2.16 bits per heavy atom. The lowest BCUT2D eigenvalue weighted by atomic mass is 9.90. The Kier molecular flexibility index (Phi) is 4.98. The first kappa shape index (κ1) is 16.9. The molecule has 0 radical (unpaired) electrons. The van der Waals surface area contributed by atoms with Gasteiger partial charge in [0.1, 0.15) is 16.9 Å². The summed E-state index contributed by atoms with van der Waals surface area (Å²) >= 11 is 3.46. The van der Waals surface area contributed by atoms with E-state index < -0.39 is 6.10 Å². The number of aliphatic hydroxyl groups is 1. The van der Waals surface area contributed by atoms with E-state index >= 15 is 0 Å². The summed E-state index contributed by atoms with van der Waals surface area (Å²) in [7, 11) is 1.94. The molecule has 1 atom stereocenters. The smallest absolute Gasteiger partial charge is 0.137 e. The predicted octanol–water partition coefficient (Wildman–Crippen LogP) is 3.55. The zero-order valence-electron chi connectivity index (χ0n) is 14.2. The van der Waals surface area contributed by atoms with Crippen molar-refractivity contribution >= 4 is 22.7 Å². The van der Waals surface area contributed by atoms with Gasteiger partial charge < -0.3 is 9.67 Å². The highest BCUT2D eigenvalue weighted by Gasteiger charge is 2.28. The van der Waals surface area contributed by atoms with Gasteiger partial charge in [0.05, 0.1) is 10.6 Å². The van der Waals surface area contributed by atoms with Crippen molar-refractivity contribution in [2.24, 2.45) is 13.0 Å². The van der Waals surface area contributed by atoms with Crippen molar-refractivity contribution in [1.29, 1.82) is 0 Å². The molecular weight excluding hydrogens is 352 g/mol. The lowest BCUT2D eigenvalue weighted by Gasteiger charge is -2.33. The second kappa shape index (κ2) is 7.37. The summed E-state index contributed by atoms with van der Waals surface area (Å²) in [6.45, 7) is 2.89. The van der Waals surface area contributed by atoms with Gasteiger partial charge in [-0.1, -0.05) is 6.07 Å². The zero-order valence-corrected chi connectivity index (χ0v) is 15.8. The maximum absolute atomic E-state index is 10.6. The molecule has 0 aliphatic carbocycles. The first-order chi connectivity index (χ1) is 12.2. The van der Waals surface area contributed by atoms with Gasteiger partial charge in [-0.3, -0.25) is 4.90 Å². The van der Waals surface area contributed by atoms with Crippen LogP contribution >= 0.6 is 22.7 Å². The van der Waals surface area contributed by atoms with Gasteiger partial charge in [0.15, 0.2) is 0 Å². The number of imidazole rings is 1. The predicted molar refractivity (Wildman–Crippen MR) is 102 cm³/mol. The van der Waals surface area contributed by atoms with Gasteiger partial charge >= 0.3 is 0 Å². The Bertz CT molecular complexity index is 803. The molecule has 1 N–H and O–H groups in total. The molecule has 0 aromatic carbocycles. The molecular formula is C18H22N4OS2. The molecule has 3 aromatic heterocycles. The number of thiophene rings is 1. The molecule has 1 saturated heterocycles. The van der Waals surface area contributed by atoms with Crippen LogP contribution in [0.1, 0.15) is 30.5 Å². The number of aromatic nitrogens is 3. The van der Waals surface area contributed by atoms with Gasteiger partial charge in [-0.2, -0.15) is 0 Å². The van der Waals surface area contributed by atoms with E-state index in [2.05, 4.69) is 32.8 Å². The maximum atomic E-state index is 10.6. The summed E-state index contributed by atoms with van der Waals surface area (Å²) < 4.78 is 1.92. The average molecular weight is 375 g/mol. The molecule has 132 valence electrons. The van der Waals surface area contributed by atoms with Crippen LogP contribution in [0.4, 0.5) is 0 Å². The molecule has 1 unspecified atom stereocenters. The number of rotatable bonds is 5. The number of aryl methyl sites for hydroxylation is 1. The van der Waals surface area contributed by atoms with Crippen LogP contribution in [0.2, 0.25) is 0 Å². The van der Waals surface area contributed by atoms with Gasteiger partial charge in [-0.05, 0) is 43.3 Å². The molecule has 5 nitrogen and oxygen atoms in total. The molecule has 0 amide bonds. The number of piperidine rings is 1. The first-order valence-corrected chi connectivity index (χ1v) is 10.3. The van der Waals surface area contributed by atoms with E-state index in [9.17, 15) is 5.11 Å². The average Bonchev–Trinajstić information content (AvgIpc) is 3.36. The van der Waals surface area contributed by atoms with Crippen LogP contribution < -0.4 is 0 Å².